The topological polar surface area (TPSA) is 54.0 Å². The third kappa shape index (κ3) is 3.77. The van der Waals surface area contributed by atoms with E-state index >= 15 is 0 Å². The van der Waals surface area contributed by atoms with E-state index in [0.717, 1.165) is 0 Å². The van der Waals surface area contributed by atoms with Crippen LogP contribution in [-0.2, 0) is 6.54 Å². The van der Waals surface area contributed by atoms with Gasteiger partial charge in [0.2, 0.25) is 0 Å². The molecular weight excluding hydrogens is 245 g/mol. The normalized spacial score (nSPS) is 10.0. The third-order valence-corrected chi connectivity index (χ3v) is 2.61. The number of rotatable bonds is 3. The monoisotopic (exact) mass is 259 g/mol. The van der Waals surface area contributed by atoms with E-state index in [-0.39, 0.29) is 18.4 Å². The Labute approximate surface area is 110 Å². The molecule has 2 rings (SSSR count). The lowest BCUT2D eigenvalue weighted by Gasteiger charge is -2.08. The maximum absolute atomic E-state index is 13.3. The highest BCUT2D eigenvalue weighted by Gasteiger charge is 2.03. The molecule has 0 saturated carbocycles. The Morgan fingerprint density at radius 3 is 2.89 bits per heavy atom. The van der Waals surface area contributed by atoms with Gasteiger partial charge in [-0.3, -0.25) is 4.98 Å². The molecule has 1 aromatic carbocycles. The van der Waals surface area contributed by atoms with E-state index in [9.17, 15) is 9.18 Å². The fraction of sp³-hybridized carbons (Fsp3) is 0.143. The van der Waals surface area contributed by atoms with E-state index in [0.29, 0.717) is 16.8 Å². The molecule has 0 aliphatic heterocycles. The largest absolute Gasteiger partial charge is 0.334 e. The number of nitrogens with zero attached hydrogens (tertiary/aromatic N) is 1. The van der Waals surface area contributed by atoms with E-state index in [1.54, 1.807) is 43.6 Å². The quantitative estimate of drug-likeness (QED) is 0.890. The van der Waals surface area contributed by atoms with Crippen LogP contribution in [0.4, 0.5) is 14.9 Å². The Balaban J connectivity index is 1.88. The second-order valence-corrected chi connectivity index (χ2v) is 4.13. The number of carbonyl (C=O) groups excluding carboxylic acids is 1. The van der Waals surface area contributed by atoms with Crippen LogP contribution in [-0.4, -0.2) is 11.0 Å². The molecule has 2 N–H and O–H groups in total. The summed E-state index contributed by atoms with van der Waals surface area (Å²) in [6, 6.07) is 7.99. The van der Waals surface area contributed by atoms with Crippen LogP contribution >= 0.6 is 0 Å². The van der Waals surface area contributed by atoms with Gasteiger partial charge in [0.1, 0.15) is 5.82 Å². The van der Waals surface area contributed by atoms with Crippen LogP contribution in [0.3, 0.4) is 0 Å². The van der Waals surface area contributed by atoms with Crippen molar-refractivity contribution in [3.05, 3.63) is 59.7 Å². The second kappa shape index (κ2) is 5.95. The van der Waals surface area contributed by atoms with E-state index < -0.39 is 0 Å². The number of halogens is 1. The van der Waals surface area contributed by atoms with Crippen molar-refractivity contribution < 1.29 is 9.18 Å². The zero-order chi connectivity index (χ0) is 13.7. The summed E-state index contributed by atoms with van der Waals surface area (Å²) in [6.45, 7) is 1.96. The van der Waals surface area contributed by atoms with Crippen LogP contribution in [0.2, 0.25) is 0 Å². The predicted molar refractivity (Wildman–Crippen MR) is 71.2 cm³/mol. The number of aromatic nitrogens is 1. The minimum Gasteiger partial charge on any atom is -0.334 e. The highest BCUT2D eigenvalue weighted by molar-refractivity contribution is 5.88. The Kier molecular flexibility index (Phi) is 4.07. The van der Waals surface area contributed by atoms with Crippen LogP contribution in [0.15, 0.2) is 42.7 Å². The highest BCUT2D eigenvalue weighted by atomic mass is 19.1. The van der Waals surface area contributed by atoms with Crippen molar-refractivity contribution in [1.82, 2.24) is 10.3 Å². The zero-order valence-electron chi connectivity index (χ0n) is 10.5. The number of benzene rings is 1. The summed E-state index contributed by atoms with van der Waals surface area (Å²) in [5, 5.41) is 5.28. The van der Waals surface area contributed by atoms with Crippen molar-refractivity contribution in [2.45, 2.75) is 13.5 Å². The highest BCUT2D eigenvalue weighted by Crippen LogP contribution is 2.09. The van der Waals surface area contributed by atoms with Gasteiger partial charge in [-0.05, 0) is 36.2 Å². The van der Waals surface area contributed by atoms with Gasteiger partial charge in [0.25, 0.3) is 0 Å². The fourth-order valence-corrected chi connectivity index (χ4v) is 1.54. The third-order valence-electron chi connectivity index (χ3n) is 2.61. The molecule has 0 fully saturated rings. The molecule has 0 saturated heterocycles. The van der Waals surface area contributed by atoms with Gasteiger partial charge in [0.05, 0.1) is 11.9 Å². The molecule has 19 heavy (non-hydrogen) atoms. The van der Waals surface area contributed by atoms with Gasteiger partial charge >= 0.3 is 6.03 Å². The summed E-state index contributed by atoms with van der Waals surface area (Å²) in [6.07, 6.45) is 3.17. The number of pyridine rings is 1. The van der Waals surface area contributed by atoms with Crippen molar-refractivity contribution in [3.63, 3.8) is 0 Å². The lowest BCUT2D eigenvalue weighted by molar-refractivity contribution is 0.251. The van der Waals surface area contributed by atoms with Crippen LogP contribution < -0.4 is 10.6 Å². The van der Waals surface area contributed by atoms with E-state index in [1.165, 1.54) is 6.07 Å². The van der Waals surface area contributed by atoms with Crippen LogP contribution in [0.1, 0.15) is 11.1 Å². The van der Waals surface area contributed by atoms with Crippen molar-refractivity contribution in [3.8, 4) is 0 Å². The number of hydrogen-bond acceptors (Lipinski definition) is 2. The van der Waals surface area contributed by atoms with Crippen LogP contribution in [0, 0.1) is 12.7 Å². The Bertz CT molecular complexity index is 572. The van der Waals surface area contributed by atoms with Gasteiger partial charge in [0.15, 0.2) is 0 Å². The maximum atomic E-state index is 13.3. The SMILES string of the molecule is Cc1ccc(CNC(=O)Nc2cccnc2)cc1F. The molecule has 0 atom stereocenters. The van der Waals surface area contributed by atoms with Gasteiger partial charge in [-0.2, -0.15) is 0 Å². The van der Waals surface area contributed by atoms with E-state index in [1.807, 2.05) is 0 Å². The van der Waals surface area contributed by atoms with Gasteiger partial charge < -0.3 is 10.6 Å². The maximum Gasteiger partial charge on any atom is 0.319 e. The molecule has 0 aliphatic rings. The predicted octanol–water partition coefficient (Wildman–Crippen LogP) is 2.85. The number of hydrogen-bond donors (Lipinski definition) is 2. The molecule has 0 bridgehead atoms. The molecule has 0 unspecified atom stereocenters. The number of carbonyl (C=O) groups is 1. The molecule has 5 heteroatoms. The van der Waals surface area contributed by atoms with Crippen molar-refractivity contribution in [2.75, 3.05) is 5.32 Å². The first-order valence-electron chi connectivity index (χ1n) is 5.85. The Morgan fingerprint density at radius 2 is 2.21 bits per heavy atom. The van der Waals surface area contributed by atoms with Gasteiger partial charge in [-0.15, -0.1) is 0 Å². The standard InChI is InChI=1S/C14H14FN3O/c1-10-4-5-11(7-13(10)15)8-17-14(19)18-12-3-2-6-16-9-12/h2-7,9H,8H2,1H3,(H2,17,18,19). The molecule has 0 spiro atoms. The molecule has 0 radical (unpaired) electrons. The first kappa shape index (κ1) is 13.0. The smallest absolute Gasteiger partial charge is 0.319 e. The van der Waals surface area contributed by atoms with Gasteiger partial charge in [-0.25, -0.2) is 9.18 Å². The summed E-state index contributed by atoms with van der Waals surface area (Å²) >= 11 is 0. The molecule has 2 aromatic rings. The van der Waals surface area contributed by atoms with E-state index in [4.69, 9.17) is 0 Å². The Morgan fingerprint density at radius 1 is 1.37 bits per heavy atom. The number of nitrogens with one attached hydrogen (secondary N) is 2. The minimum atomic E-state index is -0.353. The lowest BCUT2D eigenvalue weighted by atomic mass is 10.1. The number of urea groups is 1. The molecular formula is C14H14FN3O. The summed E-state index contributed by atoms with van der Waals surface area (Å²) in [4.78, 5) is 15.5. The van der Waals surface area contributed by atoms with Crippen molar-refractivity contribution in [1.29, 1.82) is 0 Å². The average molecular weight is 259 g/mol. The van der Waals surface area contributed by atoms with E-state index in [2.05, 4.69) is 15.6 Å². The summed E-state index contributed by atoms with van der Waals surface area (Å²) < 4.78 is 13.3. The first-order valence-corrected chi connectivity index (χ1v) is 5.85. The first-order chi connectivity index (χ1) is 9.15. The summed E-state index contributed by atoms with van der Waals surface area (Å²) in [5.41, 5.74) is 1.91. The minimum absolute atomic E-state index is 0.267. The second-order valence-electron chi connectivity index (χ2n) is 4.13. The zero-order valence-corrected chi connectivity index (χ0v) is 10.5. The van der Waals surface area contributed by atoms with Gasteiger partial charge in [0, 0.05) is 12.7 Å². The molecule has 1 heterocycles. The molecule has 2 amide bonds. The average Bonchev–Trinajstić information content (AvgIpc) is 2.41. The van der Waals surface area contributed by atoms with Crippen LogP contribution in [0.25, 0.3) is 0 Å². The summed E-state index contributed by atoms with van der Waals surface area (Å²) in [5.74, 6) is -0.271. The fourth-order valence-electron chi connectivity index (χ4n) is 1.54. The number of anilines is 1. The number of aryl methyl sites for hydroxylation is 1. The van der Waals surface area contributed by atoms with Crippen molar-refractivity contribution >= 4 is 11.7 Å². The van der Waals surface area contributed by atoms with Crippen LogP contribution in [0.5, 0.6) is 0 Å². The Hall–Kier alpha value is -2.43. The molecule has 0 aliphatic carbocycles. The van der Waals surface area contributed by atoms with Gasteiger partial charge in [-0.1, -0.05) is 12.1 Å². The summed E-state index contributed by atoms with van der Waals surface area (Å²) in [7, 11) is 0. The molecule has 4 nitrogen and oxygen atoms in total. The van der Waals surface area contributed by atoms with Crippen molar-refractivity contribution in [2.24, 2.45) is 0 Å². The number of amides is 2. The molecule has 1 aromatic heterocycles. The lowest BCUT2D eigenvalue weighted by Crippen LogP contribution is -2.28. The molecule has 98 valence electrons.